The molecule has 326 valence electrons. The fraction of sp³-hybridized carbons (Fsp3) is 0.548. The van der Waals surface area contributed by atoms with Gasteiger partial charge in [-0.25, -0.2) is 23.2 Å². The Hall–Kier alpha value is -4.62. The van der Waals surface area contributed by atoms with Gasteiger partial charge in [0.15, 0.2) is 11.5 Å². The van der Waals surface area contributed by atoms with E-state index >= 15 is 0 Å². The highest BCUT2D eigenvalue weighted by molar-refractivity contribution is 8.18. The second-order valence-electron chi connectivity index (χ2n) is 16.2. The van der Waals surface area contributed by atoms with E-state index in [1.165, 1.54) is 28.3 Å². The Morgan fingerprint density at radius 2 is 1.57 bits per heavy atom. The number of ether oxygens (including phenoxy) is 3. The number of aliphatic hydroxyl groups is 1. The maximum Gasteiger partial charge on any atom is 0.410 e. The monoisotopic (exact) mass is 854 g/mol. The zero-order valence-corrected chi connectivity index (χ0v) is 35.7. The summed E-state index contributed by atoms with van der Waals surface area (Å²) in [5, 5.41) is 15.5. The number of halogens is 2. The van der Waals surface area contributed by atoms with Gasteiger partial charge in [-0.15, -0.1) is 0 Å². The van der Waals surface area contributed by atoms with E-state index in [1.54, 1.807) is 11.0 Å². The van der Waals surface area contributed by atoms with Crippen molar-refractivity contribution in [3.8, 4) is 11.5 Å². The van der Waals surface area contributed by atoms with Crippen LogP contribution in [0.15, 0.2) is 54.0 Å². The number of aromatic nitrogens is 3. The lowest BCUT2D eigenvalue weighted by molar-refractivity contribution is -0.122. The summed E-state index contributed by atoms with van der Waals surface area (Å²) in [6.45, 7) is 15.5. The Bertz CT molecular complexity index is 1970. The molecule has 0 radical (unpaired) electrons. The van der Waals surface area contributed by atoms with E-state index in [0.717, 1.165) is 49.9 Å². The maximum atomic E-state index is 14.9. The predicted molar refractivity (Wildman–Crippen MR) is 222 cm³/mol. The summed E-state index contributed by atoms with van der Waals surface area (Å²) in [5.74, 6) is -0.733. The van der Waals surface area contributed by atoms with E-state index in [0.29, 0.717) is 87.4 Å². The summed E-state index contributed by atoms with van der Waals surface area (Å²) >= 11 is 0.918. The molecule has 60 heavy (non-hydrogen) atoms. The predicted octanol–water partition coefficient (Wildman–Crippen LogP) is 4.91. The van der Waals surface area contributed by atoms with Crippen molar-refractivity contribution in [1.82, 2.24) is 39.3 Å². The minimum absolute atomic E-state index is 0.0126. The number of amides is 3. The first-order valence-corrected chi connectivity index (χ1v) is 21.3. The highest BCUT2D eigenvalue weighted by Gasteiger charge is 2.37. The number of hydrogen-bond donors (Lipinski definition) is 1. The lowest BCUT2D eigenvalue weighted by atomic mass is 9.92. The van der Waals surface area contributed by atoms with Crippen molar-refractivity contribution in [2.24, 2.45) is 0 Å². The van der Waals surface area contributed by atoms with Crippen LogP contribution in [-0.4, -0.2) is 159 Å². The topological polar surface area (TPSA) is 146 Å². The number of carbonyl (C=O) groups is 3. The van der Waals surface area contributed by atoms with Gasteiger partial charge in [0.05, 0.1) is 24.7 Å². The standard InChI is InChI=1S/C42H56F2N8O7S/c1-5-57-36-24-31(8-11-35(36)58-23-7-13-48-19-21-50(22-20-48)39(54)59-41(2,3)4)25-37-38(53)52(40(55)60-37)14-6-12-47-15-17-49(18-16-47)27-42(56,28-51-30-45-29-46-51)33-10-9-32(43)26-34(33)44/h8-11,24-26,29-30,56H,5-7,12-23,27-28H2,1-4H3. The summed E-state index contributed by atoms with van der Waals surface area (Å²) in [5.41, 5.74) is -1.50. The third kappa shape index (κ3) is 12.2. The van der Waals surface area contributed by atoms with Gasteiger partial charge in [-0.05, 0) is 88.7 Å². The van der Waals surface area contributed by atoms with Gasteiger partial charge in [-0.3, -0.25) is 24.3 Å². The maximum absolute atomic E-state index is 14.9. The van der Waals surface area contributed by atoms with Crippen LogP contribution in [0.25, 0.3) is 6.08 Å². The normalized spacial score (nSPS) is 18.9. The summed E-state index contributed by atoms with van der Waals surface area (Å²) in [7, 11) is 0. The molecule has 1 N–H and O–H groups in total. The van der Waals surface area contributed by atoms with Gasteiger partial charge in [0, 0.05) is 83.6 Å². The summed E-state index contributed by atoms with van der Waals surface area (Å²) in [6.07, 6.45) is 5.58. The fourth-order valence-corrected chi connectivity index (χ4v) is 8.32. The Labute approximate surface area is 354 Å². The van der Waals surface area contributed by atoms with Gasteiger partial charge in [0.1, 0.15) is 35.5 Å². The van der Waals surface area contributed by atoms with Crippen molar-refractivity contribution in [2.75, 3.05) is 91.8 Å². The molecule has 1 aromatic heterocycles. The third-order valence-electron chi connectivity index (χ3n) is 10.5. The van der Waals surface area contributed by atoms with Gasteiger partial charge in [0.25, 0.3) is 11.1 Å². The van der Waals surface area contributed by atoms with Crippen LogP contribution < -0.4 is 9.47 Å². The zero-order valence-electron chi connectivity index (χ0n) is 34.9. The van der Waals surface area contributed by atoms with Crippen LogP contribution in [0.5, 0.6) is 11.5 Å². The smallest absolute Gasteiger partial charge is 0.410 e. The van der Waals surface area contributed by atoms with Crippen molar-refractivity contribution < 1.29 is 42.5 Å². The molecule has 0 saturated carbocycles. The number of rotatable bonds is 17. The fourth-order valence-electron chi connectivity index (χ4n) is 7.46. The van der Waals surface area contributed by atoms with Gasteiger partial charge >= 0.3 is 6.09 Å². The molecule has 18 heteroatoms. The molecule has 3 aromatic rings. The molecule has 3 aliphatic heterocycles. The molecule has 3 fully saturated rings. The number of piperazine rings is 2. The van der Waals surface area contributed by atoms with Gasteiger partial charge < -0.3 is 29.1 Å². The number of nitrogens with zero attached hydrogens (tertiary/aromatic N) is 8. The highest BCUT2D eigenvalue weighted by atomic mass is 32.2. The van der Waals surface area contributed by atoms with Crippen LogP contribution in [0.3, 0.4) is 0 Å². The van der Waals surface area contributed by atoms with E-state index in [9.17, 15) is 28.3 Å². The molecule has 4 heterocycles. The number of imide groups is 1. The Balaban J connectivity index is 0.939. The first kappa shape index (κ1) is 44.9. The van der Waals surface area contributed by atoms with Crippen molar-refractivity contribution >= 4 is 35.1 Å². The SMILES string of the molecule is CCOc1cc(C=C2SC(=O)N(CCCN3CCN(CC(O)(Cn4cncn4)c4ccc(F)cc4F)CC3)C2=O)ccc1OCCCN1CCN(C(=O)OC(C)(C)C)CC1. The first-order valence-electron chi connectivity index (χ1n) is 20.5. The summed E-state index contributed by atoms with van der Waals surface area (Å²) < 4.78 is 47.5. The zero-order chi connectivity index (χ0) is 42.9. The number of benzene rings is 2. The Kier molecular flexibility index (Phi) is 15.2. The molecule has 1 atom stereocenters. The molecule has 0 spiro atoms. The molecular weight excluding hydrogens is 799 g/mol. The van der Waals surface area contributed by atoms with Crippen LogP contribution in [-0.2, 0) is 21.7 Å². The minimum atomic E-state index is -1.68. The molecule has 3 saturated heterocycles. The lowest BCUT2D eigenvalue weighted by Crippen LogP contribution is -2.52. The molecule has 15 nitrogen and oxygen atoms in total. The minimum Gasteiger partial charge on any atom is -0.490 e. The lowest BCUT2D eigenvalue weighted by Gasteiger charge is -2.39. The van der Waals surface area contributed by atoms with Crippen molar-refractivity contribution in [2.45, 2.75) is 58.3 Å². The van der Waals surface area contributed by atoms with E-state index in [4.69, 9.17) is 14.2 Å². The second kappa shape index (κ2) is 20.3. The molecular formula is C42H56F2N8O7S. The quantitative estimate of drug-likeness (QED) is 0.145. The van der Waals surface area contributed by atoms with E-state index < -0.39 is 22.8 Å². The second-order valence-corrected chi connectivity index (χ2v) is 17.2. The van der Waals surface area contributed by atoms with Crippen molar-refractivity contribution in [3.63, 3.8) is 0 Å². The molecule has 3 amide bonds. The molecule has 0 aliphatic carbocycles. The summed E-state index contributed by atoms with van der Waals surface area (Å²) in [6, 6.07) is 8.64. The number of β-amino-alcohol motifs (C(OH)–C–C–N with tert-alkyl or cyclic N) is 1. The highest BCUT2D eigenvalue weighted by Crippen LogP contribution is 2.35. The largest absolute Gasteiger partial charge is 0.490 e. The van der Waals surface area contributed by atoms with Crippen LogP contribution in [0.1, 0.15) is 51.7 Å². The number of carbonyl (C=O) groups excluding carboxylic acids is 3. The Morgan fingerprint density at radius 3 is 2.23 bits per heavy atom. The van der Waals surface area contributed by atoms with Crippen molar-refractivity contribution in [3.05, 3.63) is 76.7 Å². The number of thioether (sulfide) groups is 1. The van der Waals surface area contributed by atoms with Crippen molar-refractivity contribution in [1.29, 1.82) is 0 Å². The molecule has 3 aliphatic rings. The molecule has 1 unspecified atom stereocenters. The van der Waals surface area contributed by atoms with E-state index in [2.05, 4.69) is 19.9 Å². The average Bonchev–Trinajstić information content (AvgIpc) is 3.80. The van der Waals surface area contributed by atoms with Crippen LogP contribution in [0.2, 0.25) is 0 Å². The van der Waals surface area contributed by atoms with E-state index in [1.807, 2.05) is 50.8 Å². The van der Waals surface area contributed by atoms with Crippen LogP contribution >= 0.6 is 11.8 Å². The average molecular weight is 855 g/mol. The molecule has 2 aromatic carbocycles. The van der Waals surface area contributed by atoms with Crippen LogP contribution in [0, 0.1) is 11.6 Å². The Morgan fingerprint density at radius 1 is 0.867 bits per heavy atom. The molecule has 0 bridgehead atoms. The summed E-state index contributed by atoms with van der Waals surface area (Å²) in [4.78, 5) is 52.6. The van der Waals surface area contributed by atoms with Gasteiger partial charge in [-0.2, -0.15) is 5.10 Å². The van der Waals surface area contributed by atoms with Gasteiger partial charge in [-0.1, -0.05) is 12.1 Å². The van der Waals surface area contributed by atoms with Crippen LogP contribution in [0.4, 0.5) is 18.4 Å². The first-order chi connectivity index (χ1) is 28.7. The van der Waals surface area contributed by atoms with Gasteiger partial charge in [0.2, 0.25) is 0 Å². The third-order valence-corrected chi connectivity index (χ3v) is 11.4. The number of hydrogen-bond acceptors (Lipinski definition) is 13. The molecule has 6 rings (SSSR count). The van der Waals surface area contributed by atoms with E-state index in [-0.39, 0.29) is 42.4 Å².